The molecule has 0 radical (unpaired) electrons. The highest BCUT2D eigenvalue weighted by Gasteiger charge is 2.16. The van der Waals surface area contributed by atoms with Crippen molar-refractivity contribution in [2.24, 2.45) is 0 Å². The molecule has 10 heavy (non-hydrogen) atoms. The molecular weight excluding hydrogens is 160 g/mol. The number of nitrogens with zero attached hydrogens (tertiary/aromatic N) is 1. The fourth-order valence-electron chi connectivity index (χ4n) is 0.458. The molecule has 7 heteroatoms. The third kappa shape index (κ3) is 1.09. The van der Waals surface area contributed by atoms with Gasteiger partial charge in [-0.15, -0.1) is 0 Å². The van der Waals surface area contributed by atoms with Crippen LogP contribution in [0.1, 0.15) is 0 Å². The fraction of sp³-hybridized carbons (Fsp3) is 0. The van der Waals surface area contributed by atoms with Gasteiger partial charge in [-0.1, -0.05) is 0 Å². The molecule has 6 nitrogen and oxygen atoms in total. The molecule has 0 aliphatic rings. The van der Waals surface area contributed by atoms with E-state index in [-0.39, 0.29) is 0 Å². The Labute approximate surface area is 56.3 Å². The van der Waals surface area contributed by atoms with E-state index in [1.807, 2.05) is 5.10 Å². The normalized spacial score (nSPS) is 11.7. The Morgan fingerprint density at radius 3 is 2.40 bits per heavy atom. The summed E-state index contributed by atoms with van der Waals surface area (Å²) in [6, 6.07) is 0. The second kappa shape index (κ2) is 1.96. The minimum atomic E-state index is -4.36. The largest absolute Gasteiger partial charge is 0.504 e. The topological polar surface area (TPSA) is 103 Å². The van der Waals surface area contributed by atoms with Crippen molar-refractivity contribution in [1.82, 2.24) is 10.2 Å². The molecule has 0 bridgehead atoms. The van der Waals surface area contributed by atoms with Crippen LogP contribution in [0.3, 0.4) is 0 Å². The number of hydrogen-bond acceptors (Lipinski definition) is 4. The zero-order valence-corrected chi connectivity index (χ0v) is 5.46. The Morgan fingerprint density at radius 2 is 2.20 bits per heavy atom. The first-order chi connectivity index (χ1) is 4.52. The molecule has 0 unspecified atom stereocenters. The predicted octanol–water partition coefficient (Wildman–Crippen LogP) is -0.638. The molecule has 0 aliphatic carbocycles. The number of aromatic hydroxyl groups is 1. The van der Waals surface area contributed by atoms with Crippen LogP contribution >= 0.6 is 0 Å². The summed E-state index contributed by atoms with van der Waals surface area (Å²) in [7, 11) is -4.36. The van der Waals surface area contributed by atoms with Crippen LogP contribution < -0.4 is 0 Å². The van der Waals surface area contributed by atoms with Gasteiger partial charge in [0.05, 0.1) is 6.20 Å². The van der Waals surface area contributed by atoms with E-state index in [1.54, 1.807) is 0 Å². The summed E-state index contributed by atoms with van der Waals surface area (Å²) >= 11 is 0. The SMILES string of the molecule is O=S(=O)(O)c1[nH]ncc1O. The number of aromatic nitrogens is 2. The maximum absolute atomic E-state index is 10.2. The molecule has 0 saturated heterocycles. The van der Waals surface area contributed by atoms with E-state index in [4.69, 9.17) is 9.66 Å². The van der Waals surface area contributed by atoms with Crippen molar-refractivity contribution in [3.63, 3.8) is 0 Å². The number of nitrogens with one attached hydrogen (secondary N) is 1. The van der Waals surface area contributed by atoms with Gasteiger partial charge in [-0.05, 0) is 0 Å². The molecule has 1 rings (SSSR count). The Bertz CT molecular complexity index is 326. The maximum Gasteiger partial charge on any atom is 0.315 e. The van der Waals surface area contributed by atoms with Crippen LogP contribution in [0.5, 0.6) is 5.75 Å². The Morgan fingerprint density at radius 1 is 1.60 bits per heavy atom. The fourth-order valence-corrected chi connectivity index (χ4v) is 0.943. The Kier molecular flexibility index (Phi) is 1.38. The minimum absolute atomic E-state index is 0.595. The quantitative estimate of drug-likeness (QED) is 0.479. The minimum Gasteiger partial charge on any atom is -0.504 e. The van der Waals surface area contributed by atoms with Gasteiger partial charge in [0, 0.05) is 0 Å². The summed E-state index contributed by atoms with van der Waals surface area (Å²) in [5.74, 6) is -0.595. The van der Waals surface area contributed by atoms with Crippen molar-refractivity contribution in [3.05, 3.63) is 6.20 Å². The first-order valence-corrected chi connectivity index (χ1v) is 3.65. The molecule has 1 heterocycles. The van der Waals surface area contributed by atoms with Gasteiger partial charge in [0.15, 0.2) is 5.75 Å². The van der Waals surface area contributed by atoms with Crippen molar-refractivity contribution in [1.29, 1.82) is 0 Å². The third-order valence-corrected chi connectivity index (χ3v) is 1.66. The van der Waals surface area contributed by atoms with E-state index in [0.717, 1.165) is 6.20 Å². The molecule has 0 spiro atoms. The van der Waals surface area contributed by atoms with Gasteiger partial charge >= 0.3 is 10.1 Å². The molecule has 0 fully saturated rings. The predicted molar refractivity (Wildman–Crippen MR) is 30.1 cm³/mol. The summed E-state index contributed by atoms with van der Waals surface area (Å²) in [6.45, 7) is 0. The zero-order chi connectivity index (χ0) is 7.78. The smallest absolute Gasteiger partial charge is 0.315 e. The number of H-pyrrole nitrogens is 1. The van der Waals surface area contributed by atoms with Crippen molar-refractivity contribution in [2.75, 3.05) is 0 Å². The van der Waals surface area contributed by atoms with E-state index in [2.05, 4.69) is 5.10 Å². The highest BCUT2D eigenvalue weighted by atomic mass is 32.2. The second-order valence-corrected chi connectivity index (χ2v) is 2.92. The first kappa shape index (κ1) is 7.03. The van der Waals surface area contributed by atoms with E-state index in [9.17, 15) is 8.42 Å². The maximum atomic E-state index is 10.2. The van der Waals surface area contributed by atoms with Crippen LogP contribution in [0.2, 0.25) is 0 Å². The average Bonchev–Trinajstić information content (AvgIpc) is 2.11. The molecule has 1 aromatic rings. The lowest BCUT2D eigenvalue weighted by Crippen LogP contribution is -1.98. The van der Waals surface area contributed by atoms with Gasteiger partial charge < -0.3 is 5.11 Å². The molecule has 0 saturated carbocycles. The summed E-state index contributed by atoms with van der Waals surface area (Å²) in [5, 5.41) is 13.0. The van der Waals surface area contributed by atoms with E-state index < -0.39 is 20.9 Å². The van der Waals surface area contributed by atoms with E-state index in [1.165, 1.54) is 0 Å². The average molecular weight is 164 g/mol. The van der Waals surface area contributed by atoms with Crippen LogP contribution in [0.15, 0.2) is 11.2 Å². The van der Waals surface area contributed by atoms with Gasteiger partial charge in [-0.3, -0.25) is 9.65 Å². The summed E-state index contributed by atoms with van der Waals surface area (Å²) in [4.78, 5) is 0. The van der Waals surface area contributed by atoms with Crippen LogP contribution in [0.4, 0.5) is 0 Å². The molecule has 0 aliphatic heterocycles. The molecule has 0 aromatic carbocycles. The molecule has 3 N–H and O–H groups in total. The van der Waals surface area contributed by atoms with Crippen LogP contribution in [-0.2, 0) is 10.1 Å². The number of rotatable bonds is 1. The van der Waals surface area contributed by atoms with Crippen molar-refractivity contribution >= 4 is 10.1 Å². The highest BCUT2D eigenvalue weighted by molar-refractivity contribution is 7.85. The lowest BCUT2D eigenvalue weighted by Gasteiger charge is -1.89. The molecule has 0 amide bonds. The van der Waals surface area contributed by atoms with Gasteiger partial charge in [-0.2, -0.15) is 13.5 Å². The monoisotopic (exact) mass is 164 g/mol. The highest BCUT2D eigenvalue weighted by Crippen LogP contribution is 2.16. The standard InChI is InChI=1S/C3H4N2O4S/c6-2-1-4-5-3(2)10(7,8)9/h1,6H,(H,4,5)(H,7,8,9). The van der Waals surface area contributed by atoms with E-state index in [0.29, 0.717) is 0 Å². The van der Waals surface area contributed by atoms with E-state index >= 15 is 0 Å². The molecule has 1 aromatic heterocycles. The Balaban J connectivity index is 3.32. The van der Waals surface area contributed by atoms with Gasteiger partial charge in [0.25, 0.3) is 0 Å². The molecular formula is C3H4N2O4S. The second-order valence-electron chi connectivity index (χ2n) is 1.56. The third-order valence-electron chi connectivity index (χ3n) is 0.844. The number of aromatic amines is 1. The van der Waals surface area contributed by atoms with Crippen molar-refractivity contribution < 1.29 is 18.1 Å². The van der Waals surface area contributed by atoms with Crippen LogP contribution in [-0.4, -0.2) is 28.3 Å². The summed E-state index contributed by atoms with van der Waals surface area (Å²) in [6.07, 6.45) is 0.878. The van der Waals surface area contributed by atoms with Crippen LogP contribution in [0.25, 0.3) is 0 Å². The summed E-state index contributed by atoms with van der Waals surface area (Å²) in [5.41, 5.74) is 0. The van der Waals surface area contributed by atoms with Crippen molar-refractivity contribution in [3.8, 4) is 5.75 Å². The zero-order valence-electron chi connectivity index (χ0n) is 4.64. The number of hydrogen-bond donors (Lipinski definition) is 3. The summed E-state index contributed by atoms with van der Waals surface area (Å²) < 4.78 is 28.8. The van der Waals surface area contributed by atoms with Crippen LogP contribution in [0, 0.1) is 0 Å². The molecule has 0 atom stereocenters. The van der Waals surface area contributed by atoms with Gasteiger partial charge in [-0.25, -0.2) is 0 Å². The first-order valence-electron chi connectivity index (χ1n) is 2.21. The lowest BCUT2D eigenvalue weighted by atomic mass is 10.7. The molecule has 56 valence electrons. The lowest BCUT2D eigenvalue weighted by molar-refractivity contribution is 0.441. The van der Waals surface area contributed by atoms with Crippen molar-refractivity contribution in [2.45, 2.75) is 5.03 Å². The van der Waals surface area contributed by atoms with Gasteiger partial charge in [0.1, 0.15) is 0 Å². The Hall–Kier alpha value is -1.08. The van der Waals surface area contributed by atoms with Gasteiger partial charge in [0.2, 0.25) is 5.03 Å².